The summed E-state index contributed by atoms with van der Waals surface area (Å²) in [5.41, 5.74) is -5.59. The highest BCUT2D eigenvalue weighted by Gasteiger charge is 2.50. The zero-order valence-electron chi connectivity index (χ0n) is 13.3. The Morgan fingerprint density at radius 2 is 1.96 bits per heavy atom. The number of aliphatic hydroxyl groups is 1. The van der Waals surface area contributed by atoms with E-state index in [9.17, 15) is 27.1 Å². The van der Waals surface area contributed by atoms with E-state index in [1.54, 1.807) is 0 Å². The molecule has 0 saturated heterocycles. The zero-order valence-corrected chi connectivity index (χ0v) is 14.1. The lowest BCUT2D eigenvalue weighted by Crippen LogP contribution is -2.44. The number of aliphatic hydroxyl groups excluding tert-OH is 1. The van der Waals surface area contributed by atoms with Crippen LogP contribution in [0.5, 0.6) is 5.75 Å². The molecule has 1 N–H and O–H groups in total. The minimum Gasteiger partial charge on any atom is -0.490 e. The summed E-state index contributed by atoms with van der Waals surface area (Å²) < 4.78 is 76.9. The van der Waals surface area contributed by atoms with E-state index >= 15 is 0 Å². The molecular weight excluding hydrogens is 367 g/mol. The summed E-state index contributed by atoms with van der Waals surface area (Å²) in [7, 11) is 1.54. The molecule has 1 fully saturated rings. The molecule has 1 aromatic rings. The summed E-state index contributed by atoms with van der Waals surface area (Å²) in [6, 6.07) is 2.32. The van der Waals surface area contributed by atoms with Crippen molar-refractivity contribution in [1.82, 2.24) is 0 Å². The van der Waals surface area contributed by atoms with E-state index < -0.39 is 51.8 Å². The molecule has 3 rings (SSSR count). The molecule has 1 aromatic carbocycles. The molecule has 25 heavy (non-hydrogen) atoms. The maximum atomic E-state index is 13.9. The third-order valence-corrected chi connectivity index (χ3v) is 5.58. The Balaban J connectivity index is 1.91. The number of rotatable bonds is 5. The maximum Gasteiger partial charge on any atom is 0.446 e. The fourth-order valence-electron chi connectivity index (χ4n) is 3.19. The average molecular weight is 384 g/mol. The van der Waals surface area contributed by atoms with Gasteiger partial charge in [0, 0.05) is 29.6 Å². The molecule has 1 saturated carbocycles. The second-order valence-electron chi connectivity index (χ2n) is 6.37. The molecule has 0 amide bonds. The molecule has 9 heteroatoms. The van der Waals surface area contributed by atoms with E-state index in [1.165, 1.54) is 13.2 Å². The van der Waals surface area contributed by atoms with Crippen LogP contribution in [0, 0.1) is 0 Å². The van der Waals surface area contributed by atoms with Crippen LogP contribution in [0.1, 0.15) is 36.5 Å². The first-order valence-corrected chi connectivity index (χ1v) is 8.54. The van der Waals surface area contributed by atoms with Crippen LogP contribution in [0.2, 0.25) is 0 Å². The van der Waals surface area contributed by atoms with Gasteiger partial charge < -0.3 is 14.6 Å². The Bertz CT molecular complexity index is 652. The second-order valence-corrected chi connectivity index (χ2v) is 7.48. The predicted octanol–water partition coefficient (Wildman–Crippen LogP) is 4.47. The van der Waals surface area contributed by atoms with Gasteiger partial charge in [-0.05, 0) is 43.2 Å². The molecule has 0 radical (unpaired) electrons. The fraction of sp³-hybridized carbons (Fsp3) is 0.625. The third-order valence-electron chi connectivity index (χ3n) is 4.77. The lowest BCUT2D eigenvalue weighted by atomic mass is 9.81. The van der Waals surface area contributed by atoms with Crippen molar-refractivity contribution in [2.45, 2.75) is 53.7 Å². The number of benzene rings is 1. The van der Waals surface area contributed by atoms with E-state index in [2.05, 4.69) is 0 Å². The van der Waals surface area contributed by atoms with Crippen molar-refractivity contribution in [3.05, 3.63) is 23.3 Å². The van der Waals surface area contributed by atoms with Gasteiger partial charge in [-0.15, -0.1) is 0 Å². The lowest BCUT2D eigenvalue weighted by molar-refractivity contribution is -0.0999. The van der Waals surface area contributed by atoms with E-state index in [0.29, 0.717) is 0 Å². The summed E-state index contributed by atoms with van der Waals surface area (Å²) >= 11 is -0.510. The molecule has 0 bridgehead atoms. The molecular formula is C16H17F5O3S. The van der Waals surface area contributed by atoms with Gasteiger partial charge in [0.2, 0.25) is 0 Å². The first kappa shape index (κ1) is 18.7. The van der Waals surface area contributed by atoms with Gasteiger partial charge in [-0.1, -0.05) is 0 Å². The van der Waals surface area contributed by atoms with Crippen molar-refractivity contribution in [2.75, 3.05) is 13.7 Å². The van der Waals surface area contributed by atoms with E-state index in [0.717, 1.165) is 25.3 Å². The maximum absolute atomic E-state index is 13.9. The molecule has 0 spiro atoms. The second kappa shape index (κ2) is 6.28. The Labute approximate surface area is 145 Å². The van der Waals surface area contributed by atoms with Crippen LogP contribution in [0.3, 0.4) is 0 Å². The van der Waals surface area contributed by atoms with Crippen molar-refractivity contribution >= 4 is 11.8 Å². The smallest absolute Gasteiger partial charge is 0.446 e. The van der Waals surface area contributed by atoms with Crippen molar-refractivity contribution in [3.8, 4) is 5.75 Å². The Morgan fingerprint density at radius 1 is 1.28 bits per heavy atom. The SMILES string of the molecule is COC1(COc2ccc(SC(F)(F)F)c3c2CC(F)(F)C3O)CCC1. The highest BCUT2D eigenvalue weighted by molar-refractivity contribution is 8.00. The molecule has 3 nitrogen and oxygen atoms in total. The number of halogens is 5. The van der Waals surface area contributed by atoms with Crippen LogP contribution in [0.4, 0.5) is 22.0 Å². The number of alkyl halides is 5. The van der Waals surface area contributed by atoms with Crippen molar-refractivity contribution in [2.24, 2.45) is 0 Å². The number of thioether (sulfide) groups is 1. The highest BCUT2D eigenvalue weighted by atomic mass is 32.2. The average Bonchev–Trinajstić information content (AvgIpc) is 2.70. The Morgan fingerprint density at radius 3 is 2.48 bits per heavy atom. The molecule has 2 aliphatic rings. The van der Waals surface area contributed by atoms with Crippen molar-refractivity contribution < 1.29 is 36.5 Å². The van der Waals surface area contributed by atoms with Gasteiger partial charge >= 0.3 is 5.51 Å². The van der Waals surface area contributed by atoms with Gasteiger partial charge in [0.05, 0.1) is 0 Å². The van der Waals surface area contributed by atoms with Gasteiger partial charge in [-0.3, -0.25) is 0 Å². The van der Waals surface area contributed by atoms with E-state index in [4.69, 9.17) is 9.47 Å². The van der Waals surface area contributed by atoms with Gasteiger partial charge in [-0.2, -0.15) is 13.2 Å². The van der Waals surface area contributed by atoms with E-state index in [1.807, 2.05) is 0 Å². The highest BCUT2D eigenvalue weighted by Crippen LogP contribution is 2.52. The number of ether oxygens (including phenoxy) is 2. The number of fused-ring (bicyclic) bond motifs is 1. The quantitative estimate of drug-likeness (QED) is 0.601. The Hall–Kier alpha value is -1.06. The van der Waals surface area contributed by atoms with Crippen LogP contribution in [0.15, 0.2) is 17.0 Å². The first-order valence-electron chi connectivity index (χ1n) is 7.72. The van der Waals surface area contributed by atoms with Crippen LogP contribution in [-0.2, 0) is 11.2 Å². The minimum absolute atomic E-state index is 0.0704. The van der Waals surface area contributed by atoms with Gasteiger partial charge in [0.15, 0.2) is 0 Å². The molecule has 1 atom stereocenters. The standard InChI is InChI=1S/C16H17F5O3S/c1-23-14(5-2-6-14)8-24-10-3-4-11(25-16(19,20)21)12-9(10)7-15(17,18)13(12)22/h3-4,13,22H,2,5-8H2,1H3. The summed E-state index contributed by atoms with van der Waals surface area (Å²) in [5.74, 6) is -3.46. The Kier molecular flexibility index (Phi) is 4.70. The van der Waals surface area contributed by atoms with Crippen LogP contribution >= 0.6 is 11.8 Å². The van der Waals surface area contributed by atoms with Crippen molar-refractivity contribution in [1.29, 1.82) is 0 Å². The van der Waals surface area contributed by atoms with Crippen LogP contribution in [-0.4, -0.2) is 35.9 Å². The molecule has 0 aliphatic heterocycles. The van der Waals surface area contributed by atoms with Crippen LogP contribution in [0.25, 0.3) is 0 Å². The molecule has 2 aliphatic carbocycles. The number of hydrogen-bond donors (Lipinski definition) is 1. The number of hydrogen-bond acceptors (Lipinski definition) is 4. The first-order chi connectivity index (χ1) is 11.6. The fourth-order valence-corrected chi connectivity index (χ4v) is 3.92. The molecule has 1 unspecified atom stereocenters. The molecule has 0 heterocycles. The lowest BCUT2D eigenvalue weighted by Gasteiger charge is -2.40. The molecule has 0 aromatic heterocycles. The monoisotopic (exact) mass is 384 g/mol. The third kappa shape index (κ3) is 3.59. The van der Waals surface area contributed by atoms with E-state index in [-0.39, 0.29) is 17.9 Å². The summed E-state index contributed by atoms with van der Waals surface area (Å²) in [4.78, 5) is -0.426. The summed E-state index contributed by atoms with van der Waals surface area (Å²) in [6.07, 6.45) is -0.631. The summed E-state index contributed by atoms with van der Waals surface area (Å²) in [5, 5.41) is 9.83. The zero-order chi connectivity index (χ0) is 18.5. The minimum atomic E-state index is -4.64. The summed E-state index contributed by atoms with van der Waals surface area (Å²) in [6.45, 7) is 0.128. The van der Waals surface area contributed by atoms with Gasteiger partial charge in [0.1, 0.15) is 24.1 Å². The van der Waals surface area contributed by atoms with Crippen LogP contribution < -0.4 is 4.74 Å². The van der Waals surface area contributed by atoms with Crippen molar-refractivity contribution in [3.63, 3.8) is 0 Å². The largest absolute Gasteiger partial charge is 0.490 e. The topological polar surface area (TPSA) is 38.7 Å². The molecule has 140 valence electrons. The normalized spacial score (nSPS) is 23.9. The predicted molar refractivity (Wildman–Crippen MR) is 81.1 cm³/mol. The number of methoxy groups -OCH3 is 1. The van der Waals surface area contributed by atoms with Gasteiger partial charge in [0.25, 0.3) is 5.92 Å². The van der Waals surface area contributed by atoms with Gasteiger partial charge in [-0.25, -0.2) is 8.78 Å².